The summed E-state index contributed by atoms with van der Waals surface area (Å²) in [6, 6.07) is 14.5. The number of anilines is 1. The first kappa shape index (κ1) is 22.7. The first-order valence-corrected chi connectivity index (χ1v) is 10.3. The highest BCUT2D eigenvalue weighted by atomic mass is 16.5. The van der Waals surface area contributed by atoms with E-state index < -0.39 is 29.7 Å². The number of aliphatic carboxylic acids is 1. The Morgan fingerprint density at radius 3 is 2.41 bits per heavy atom. The van der Waals surface area contributed by atoms with Crippen LogP contribution in [0.1, 0.15) is 25.3 Å². The molecule has 2 aromatic rings. The first-order chi connectivity index (χ1) is 15.4. The molecule has 1 N–H and O–H groups in total. The van der Waals surface area contributed by atoms with Gasteiger partial charge in [0.15, 0.2) is 0 Å². The van der Waals surface area contributed by atoms with Gasteiger partial charge in [-0.3, -0.25) is 14.4 Å². The van der Waals surface area contributed by atoms with E-state index in [1.165, 1.54) is 4.90 Å². The van der Waals surface area contributed by atoms with Crippen LogP contribution in [0.4, 0.5) is 5.69 Å². The van der Waals surface area contributed by atoms with Gasteiger partial charge in [-0.25, -0.2) is 9.69 Å². The third kappa shape index (κ3) is 5.40. The first-order valence-electron chi connectivity index (χ1n) is 10.3. The van der Waals surface area contributed by atoms with E-state index in [2.05, 4.69) is 0 Å². The summed E-state index contributed by atoms with van der Waals surface area (Å²) in [6.45, 7) is 2.61. The van der Waals surface area contributed by atoms with Gasteiger partial charge in [-0.05, 0) is 36.2 Å². The molecule has 32 heavy (non-hydrogen) atoms. The van der Waals surface area contributed by atoms with Crippen molar-refractivity contribution in [2.24, 2.45) is 0 Å². The van der Waals surface area contributed by atoms with Crippen molar-refractivity contribution in [3.05, 3.63) is 72.3 Å². The van der Waals surface area contributed by atoms with Gasteiger partial charge >= 0.3 is 5.97 Å². The molecule has 1 heterocycles. The molecule has 0 bridgehead atoms. The second-order valence-electron chi connectivity index (χ2n) is 7.25. The highest BCUT2D eigenvalue weighted by Gasteiger charge is 2.44. The highest BCUT2D eigenvalue weighted by Crippen LogP contribution is 2.28. The Morgan fingerprint density at radius 1 is 1.09 bits per heavy atom. The Bertz CT molecular complexity index is 1020. The fourth-order valence-corrected chi connectivity index (χ4v) is 3.40. The molecule has 0 aromatic heterocycles. The van der Waals surface area contributed by atoms with Crippen molar-refractivity contribution >= 4 is 29.4 Å². The van der Waals surface area contributed by atoms with Gasteiger partial charge in [0.05, 0.1) is 18.7 Å². The van der Waals surface area contributed by atoms with E-state index in [0.29, 0.717) is 24.1 Å². The molecule has 166 valence electrons. The van der Waals surface area contributed by atoms with Gasteiger partial charge < -0.3 is 14.7 Å². The molecule has 0 unspecified atom stereocenters. The van der Waals surface area contributed by atoms with Gasteiger partial charge in [0.1, 0.15) is 11.8 Å². The summed E-state index contributed by atoms with van der Waals surface area (Å²) in [6.07, 6.45) is 2.28. The van der Waals surface area contributed by atoms with Crippen LogP contribution in [-0.2, 0) is 25.7 Å². The number of hydrogen-bond acceptors (Lipinski definition) is 5. The Morgan fingerprint density at radius 2 is 1.78 bits per heavy atom. The summed E-state index contributed by atoms with van der Waals surface area (Å²) < 4.78 is 5.53. The van der Waals surface area contributed by atoms with Crippen molar-refractivity contribution in [2.45, 2.75) is 32.4 Å². The summed E-state index contributed by atoms with van der Waals surface area (Å²) in [5, 5.41) is 8.86. The standard InChI is InChI=1S/C24H24N2O6/c1-2-14-32-19-10-8-18(9-11-19)26-22(28)15-20(24(26)31)25(21(27)12-13-23(29)30)16-17-6-4-3-5-7-17/h3-13,20H,2,14-16H2,1H3,(H,29,30)/b13-12+/t20-/m0/s1. The summed E-state index contributed by atoms with van der Waals surface area (Å²) in [5.41, 5.74) is 1.14. The quantitative estimate of drug-likeness (QED) is 0.479. The minimum Gasteiger partial charge on any atom is -0.494 e. The summed E-state index contributed by atoms with van der Waals surface area (Å²) in [5.74, 6) is -2.28. The fourth-order valence-electron chi connectivity index (χ4n) is 3.40. The lowest BCUT2D eigenvalue weighted by atomic mass is 10.1. The zero-order valence-electron chi connectivity index (χ0n) is 17.6. The lowest BCUT2D eigenvalue weighted by Gasteiger charge is -2.26. The van der Waals surface area contributed by atoms with Crippen LogP contribution >= 0.6 is 0 Å². The predicted molar refractivity (Wildman–Crippen MR) is 117 cm³/mol. The number of ether oxygens (including phenoxy) is 1. The highest BCUT2D eigenvalue weighted by molar-refractivity contribution is 6.23. The number of carboxylic acids is 1. The molecular formula is C24H24N2O6. The van der Waals surface area contributed by atoms with E-state index in [4.69, 9.17) is 9.84 Å². The van der Waals surface area contributed by atoms with Gasteiger partial charge in [0.2, 0.25) is 11.8 Å². The van der Waals surface area contributed by atoms with Crippen molar-refractivity contribution in [3.63, 3.8) is 0 Å². The molecule has 0 saturated carbocycles. The van der Waals surface area contributed by atoms with Gasteiger partial charge in [0.25, 0.3) is 5.91 Å². The second kappa shape index (κ2) is 10.4. The van der Waals surface area contributed by atoms with Crippen LogP contribution < -0.4 is 9.64 Å². The van der Waals surface area contributed by atoms with Crippen LogP contribution in [0.25, 0.3) is 0 Å². The van der Waals surface area contributed by atoms with Gasteiger partial charge in [-0.15, -0.1) is 0 Å². The number of carbonyl (C=O) groups is 4. The number of carbonyl (C=O) groups excluding carboxylic acids is 3. The van der Waals surface area contributed by atoms with Crippen LogP contribution in [0.3, 0.4) is 0 Å². The molecule has 3 amide bonds. The van der Waals surface area contributed by atoms with Crippen LogP contribution in [-0.4, -0.2) is 46.3 Å². The molecule has 1 aliphatic rings. The third-order valence-corrected chi connectivity index (χ3v) is 4.91. The summed E-state index contributed by atoms with van der Waals surface area (Å²) >= 11 is 0. The lowest BCUT2D eigenvalue weighted by Crippen LogP contribution is -2.44. The molecule has 3 rings (SSSR count). The van der Waals surface area contributed by atoms with Gasteiger partial charge in [0, 0.05) is 18.7 Å². The van der Waals surface area contributed by atoms with Crippen molar-refractivity contribution in [2.75, 3.05) is 11.5 Å². The molecular weight excluding hydrogens is 412 g/mol. The number of amides is 3. The zero-order chi connectivity index (χ0) is 23.1. The molecule has 0 radical (unpaired) electrons. The Balaban J connectivity index is 1.85. The van der Waals surface area contributed by atoms with Crippen molar-refractivity contribution < 1.29 is 29.0 Å². The molecule has 0 spiro atoms. The smallest absolute Gasteiger partial charge is 0.328 e. The van der Waals surface area contributed by atoms with Crippen LogP contribution in [0.2, 0.25) is 0 Å². The molecule has 1 saturated heterocycles. The SMILES string of the molecule is CCCOc1ccc(N2C(=O)C[C@H](N(Cc3ccccc3)C(=O)/C=C/C(=O)O)C2=O)cc1. The number of benzene rings is 2. The van der Waals surface area contributed by atoms with Crippen molar-refractivity contribution in [1.82, 2.24) is 4.90 Å². The number of hydrogen-bond donors (Lipinski definition) is 1. The number of imide groups is 1. The van der Waals surface area contributed by atoms with Crippen LogP contribution in [0.15, 0.2) is 66.7 Å². The average Bonchev–Trinajstić information content (AvgIpc) is 3.09. The second-order valence-corrected chi connectivity index (χ2v) is 7.25. The van der Waals surface area contributed by atoms with E-state index in [1.807, 2.05) is 13.0 Å². The van der Waals surface area contributed by atoms with E-state index in [-0.39, 0.29) is 13.0 Å². The van der Waals surface area contributed by atoms with Crippen LogP contribution in [0.5, 0.6) is 5.75 Å². The predicted octanol–water partition coefficient (Wildman–Crippen LogP) is 2.78. The maximum atomic E-state index is 13.2. The normalized spacial score (nSPS) is 15.9. The van der Waals surface area contributed by atoms with E-state index in [9.17, 15) is 19.2 Å². The maximum Gasteiger partial charge on any atom is 0.328 e. The Labute approximate surface area is 185 Å². The molecule has 1 fully saturated rings. The van der Waals surface area contributed by atoms with Crippen LogP contribution in [0, 0.1) is 0 Å². The molecule has 8 nitrogen and oxygen atoms in total. The molecule has 8 heteroatoms. The third-order valence-electron chi connectivity index (χ3n) is 4.91. The minimum absolute atomic E-state index is 0.0605. The van der Waals surface area contributed by atoms with Crippen molar-refractivity contribution in [1.29, 1.82) is 0 Å². The number of rotatable bonds is 9. The van der Waals surface area contributed by atoms with Gasteiger partial charge in [-0.1, -0.05) is 37.3 Å². The zero-order valence-corrected chi connectivity index (χ0v) is 17.6. The lowest BCUT2D eigenvalue weighted by molar-refractivity contribution is -0.135. The van der Waals surface area contributed by atoms with E-state index >= 15 is 0 Å². The topological polar surface area (TPSA) is 104 Å². The van der Waals surface area contributed by atoms with Gasteiger partial charge in [-0.2, -0.15) is 0 Å². The largest absolute Gasteiger partial charge is 0.494 e. The Kier molecular flexibility index (Phi) is 7.38. The average molecular weight is 436 g/mol. The summed E-state index contributed by atoms with van der Waals surface area (Å²) in [7, 11) is 0. The minimum atomic E-state index is -1.28. The monoisotopic (exact) mass is 436 g/mol. The Hall–Kier alpha value is -3.94. The molecule has 1 atom stereocenters. The van der Waals surface area contributed by atoms with Crippen molar-refractivity contribution in [3.8, 4) is 5.75 Å². The number of carboxylic acid groups (broad SMARTS) is 1. The number of nitrogens with zero attached hydrogens (tertiary/aromatic N) is 2. The van der Waals surface area contributed by atoms with E-state index in [0.717, 1.165) is 23.0 Å². The fraction of sp³-hybridized carbons (Fsp3) is 0.250. The maximum absolute atomic E-state index is 13.2. The van der Waals surface area contributed by atoms with E-state index in [1.54, 1.807) is 48.5 Å². The molecule has 2 aromatic carbocycles. The molecule has 1 aliphatic heterocycles. The molecule has 0 aliphatic carbocycles. The summed E-state index contributed by atoms with van der Waals surface area (Å²) in [4.78, 5) is 51.8.